The Labute approximate surface area is 119 Å². The van der Waals surface area contributed by atoms with Gasteiger partial charge in [-0.2, -0.15) is 0 Å². The largest absolute Gasteiger partial charge is 0.481 e. The summed E-state index contributed by atoms with van der Waals surface area (Å²) in [6, 6.07) is 0. The van der Waals surface area contributed by atoms with Gasteiger partial charge in [0.1, 0.15) is 0 Å². The number of nitrogens with one attached hydrogen (secondary N) is 1. The van der Waals surface area contributed by atoms with Gasteiger partial charge in [-0.05, 0) is 26.2 Å². The van der Waals surface area contributed by atoms with Crippen LogP contribution >= 0.6 is 0 Å². The van der Waals surface area contributed by atoms with Gasteiger partial charge in [0.05, 0.1) is 12.0 Å². The van der Waals surface area contributed by atoms with Crippen molar-refractivity contribution in [1.29, 1.82) is 0 Å². The fourth-order valence-electron chi connectivity index (χ4n) is 1.62. The van der Waals surface area contributed by atoms with Gasteiger partial charge < -0.3 is 15.2 Å². The van der Waals surface area contributed by atoms with Gasteiger partial charge in [0.15, 0.2) is 0 Å². The van der Waals surface area contributed by atoms with Crippen molar-refractivity contribution in [3.63, 3.8) is 0 Å². The molecule has 0 saturated carbocycles. The van der Waals surface area contributed by atoms with Crippen molar-refractivity contribution in [2.75, 3.05) is 13.2 Å². The highest BCUT2D eigenvalue weighted by Gasteiger charge is 2.38. The number of ether oxygens (including phenoxy) is 1. The van der Waals surface area contributed by atoms with E-state index in [1.807, 2.05) is 0 Å². The first-order valence-corrected chi connectivity index (χ1v) is 6.89. The van der Waals surface area contributed by atoms with E-state index in [1.54, 1.807) is 27.7 Å². The van der Waals surface area contributed by atoms with Gasteiger partial charge >= 0.3 is 11.9 Å². The van der Waals surface area contributed by atoms with Crippen molar-refractivity contribution in [2.45, 2.75) is 47.0 Å². The Morgan fingerprint density at radius 3 is 2.35 bits per heavy atom. The molecule has 6 nitrogen and oxygen atoms in total. The van der Waals surface area contributed by atoms with Gasteiger partial charge in [0.2, 0.25) is 5.91 Å². The van der Waals surface area contributed by atoms with Crippen LogP contribution in [0, 0.1) is 11.3 Å². The minimum Gasteiger partial charge on any atom is -0.481 e. The molecule has 0 aliphatic carbocycles. The summed E-state index contributed by atoms with van der Waals surface area (Å²) in [5.41, 5.74) is -1.08. The number of carbonyl (C=O) groups is 3. The number of rotatable bonds is 9. The maximum absolute atomic E-state index is 11.7. The average molecular weight is 287 g/mol. The lowest BCUT2D eigenvalue weighted by Gasteiger charge is -2.28. The topological polar surface area (TPSA) is 92.7 Å². The molecule has 0 saturated heterocycles. The Bertz CT molecular complexity index is 353. The Morgan fingerprint density at radius 1 is 1.30 bits per heavy atom. The number of esters is 1. The molecule has 1 amide bonds. The molecule has 1 unspecified atom stereocenters. The van der Waals surface area contributed by atoms with E-state index in [-0.39, 0.29) is 30.6 Å². The second kappa shape index (κ2) is 8.55. The molecule has 0 radical (unpaired) electrons. The summed E-state index contributed by atoms with van der Waals surface area (Å²) >= 11 is 0. The molecule has 20 heavy (non-hydrogen) atoms. The second-order valence-electron chi connectivity index (χ2n) is 5.31. The minimum absolute atomic E-state index is 0.0700. The highest BCUT2D eigenvalue weighted by atomic mass is 16.5. The molecule has 0 bridgehead atoms. The van der Waals surface area contributed by atoms with Crippen molar-refractivity contribution in [3.8, 4) is 0 Å². The number of carbonyl (C=O) groups excluding carboxylic acids is 2. The van der Waals surface area contributed by atoms with Gasteiger partial charge in [-0.25, -0.2) is 0 Å². The molecule has 0 rings (SSSR count). The smallest absolute Gasteiger partial charge is 0.310 e. The summed E-state index contributed by atoms with van der Waals surface area (Å²) < 4.78 is 4.76. The zero-order valence-electron chi connectivity index (χ0n) is 12.7. The van der Waals surface area contributed by atoms with E-state index in [2.05, 4.69) is 5.32 Å². The molecule has 0 fully saturated rings. The van der Waals surface area contributed by atoms with E-state index in [4.69, 9.17) is 4.74 Å². The molecule has 2 N–H and O–H groups in total. The first-order chi connectivity index (χ1) is 9.24. The molecule has 0 aliphatic heterocycles. The van der Waals surface area contributed by atoms with E-state index in [1.165, 1.54) is 0 Å². The standard InChI is InChI=1S/C14H25NO5/c1-5-20-12(17)7-6-8-15-11(16)9-14(4,10(2)3)13(18)19/h10H,5-9H2,1-4H3,(H,15,16)(H,18,19). The third-order valence-corrected chi connectivity index (χ3v) is 3.48. The van der Waals surface area contributed by atoms with Gasteiger partial charge in [0, 0.05) is 19.4 Å². The van der Waals surface area contributed by atoms with Gasteiger partial charge in [-0.3, -0.25) is 14.4 Å². The van der Waals surface area contributed by atoms with Crippen LogP contribution in [0.15, 0.2) is 0 Å². The van der Waals surface area contributed by atoms with Crippen LogP contribution in [0.2, 0.25) is 0 Å². The molecule has 0 aromatic carbocycles. The van der Waals surface area contributed by atoms with E-state index >= 15 is 0 Å². The molecule has 1 atom stereocenters. The van der Waals surface area contributed by atoms with Crippen molar-refractivity contribution in [3.05, 3.63) is 0 Å². The molecule has 0 heterocycles. The van der Waals surface area contributed by atoms with Crippen LogP contribution in [-0.2, 0) is 19.1 Å². The lowest BCUT2D eigenvalue weighted by molar-refractivity contribution is -0.153. The van der Waals surface area contributed by atoms with Crippen molar-refractivity contribution in [2.24, 2.45) is 11.3 Å². The number of hydrogen-bond donors (Lipinski definition) is 2. The third-order valence-electron chi connectivity index (χ3n) is 3.48. The number of aliphatic carboxylic acids is 1. The predicted molar refractivity (Wildman–Crippen MR) is 74.1 cm³/mol. The molecular formula is C14H25NO5. The molecule has 116 valence electrons. The monoisotopic (exact) mass is 287 g/mol. The Hall–Kier alpha value is -1.59. The molecular weight excluding hydrogens is 262 g/mol. The van der Waals surface area contributed by atoms with Crippen LogP contribution < -0.4 is 5.32 Å². The predicted octanol–water partition coefficient (Wildman–Crippen LogP) is 1.58. The van der Waals surface area contributed by atoms with E-state index < -0.39 is 11.4 Å². The third kappa shape index (κ3) is 6.04. The zero-order chi connectivity index (χ0) is 15.8. The van der Waals surface area contributed by atoms with Gasteiger partial charge in [-0.1, -0.05) is 13.8 Å². The van der Waals surface area contributed by atoms with Crippen LogP contribution in [0.25, 0.3) is 0 Å². The first-order valence-electron chi connectivity index (χ1n) is 6.89. The summed E-state index contributed by atoms with van der Waals surface area (Å²) in [7, 11) is 0. The van der Waals surface area contributed by atoms with E-state index in [0.29, 0.717) is 19.6 Å². The van der Waals surface area contributed by atoms with Crippen molar-refractivity contribution >= 4 is 17.8 Å². The van der Waals surface area contributed by atoms with Crippen molar-refractivity contribution < 1.29 is 24.2 Å². The molecule has 0 spiro atoms. The van der Waals surface area contributed by atoms with Crippen LogP contribution in [0.5, 0.6) is 0 Å². The molecule has 0 aromatic rings. The zero-order valence-corrected chi connectivity index (χ0v) is 12.7. The Kier molecular flexibility index (Phi) is 7.87. The second-order valence-corrected chi connectivity index (χ2v) is 5.31. The normalized spacial score (nSPS) is 13.7. The van der Waals surface area contributed by atoms with E-state index in [9.17, 15) is 19.5 Å². The fourth-order valence-corrected chi connectivity index (χ4v) is 1.62. The number of carboxylic acid groups (broad SMARTS) is 1. The highest BCUT2D eigenvalue weighted by molar-refractivity contribution is 5.84. The summed E-state index contributed by atoms with van der Waals surface area (Å²) in [6.07, 6.45) is 0.657. The lowest BCUT2D eigenvalue weighted by Crippen LogP contribution is -2.39. The Morgan fingerprint density at radius 2 is 1.90 bits per heavy atom. The summed E-state index contributed by atoms with van der Waals surface area (Å²) in [5.74, 6) is -1.73. The van der Waals surface area contributed by atoms with Crippen molar-refractivity contribution in [1.82, 2.24) is 5.32 Å². The minimum atomic E-state index is -1.08. The average Bonchev–Trinajstić information content (AvgIpc) is 2.34. The van der Waals surface area contributed by atoms with E-state index in [0.717, 1.165) is 0 Å². The highest BCUT2D eigenvalue weighted by Crippen LogP contribution is 2.31. The number of carboxylic acids is 1. The van der Waals surface area contributed by atoms with Crippen LogP contribution in [0.4, 0.5) is 0 Å². The summed E-state index contributed by atoms with van der Waals surface area (Å²) in [4.78, 5) is 34.1. The lowest BCUT2D eigenvalue weighted by atomic mass is 9.76. The summed E-state index contributed by atoms with van der Waals surface area (Å²) in [5, 5.41) is 11.8. The fraction of sp³-hybridized carbons (Fsp3) is 0.786. The van der Waals surface area contributed by atoms with Crippen LogP contribution in [0.1, 0.15) is 47.0 Å². The maximum atomic E-state index is 11.7. The van der Waals surface area contributed by atoms with Crippen LogP contribution in [-0.4, -0.2) is 36.1 Å². The molecule has 6 heteroatoms. The molecule has 0 aromatic heterocycles. The van der Waals surface area contributed by atoms with Gasteiger partial charge in [-0.15, -0.1) is 0 Å². The number of amides is 1. The summed E-state index contributed by atoms with van der Waals surface area (Å²) in [6.45, 7) is 7.54. The van der Waals surface area contributed by atoms with Crippen LogP contribution in [0.3, 0.4) is 0 Å². The Balaban J connectivity index is 4.11. The first kappa shape index (κ1) is 18.4. The SMILES string of the molecule is CCOC(=O)CCCNC(=O)CC(C)(C(=O)O)C(C)C. The quantitative estimate of drug-likeness (QED) is 0.496. The molecule has 0 aliphatic rings. The van der Waals surface area contributed by atoms with Gasteiger partial charge in [0.25, 0.3) is 0 Å². The maximum Gasteiger partial charge on any atom is 0.310 e. The number of hydrogen-bond acceptors (Lipinski definition) is 4.